The van der Waals surface area contributed by atoms with E-state index in [1.54, 1.807) is 0 Å². The molecule has 1 aliphatic carbocycles. The van der Waals surface area contributed by atoms with Gasteiger partial charge < -0.3 is 10.4 Å². The molecule has 0 bridgehead atoms. The number of hydrogen-bond donors (Lipinski definition) is 2. The minimum atomic E-state index is -2.99. The zero-order valence-corrected chi connectivity index (χ0v) is 8.96. The largest absolute Gasteiger partial charge is 0.390 e. The Morgan fingerprint density at radius 1 is 1.29 bits per heavy atom. The highest BCUT2D eigenvalue weighted by Crippen LogP contribution is 2.31. The van der Waals surface area contributed by atoms with Gasteiger partial charge in [-0.05, 0) is 18.9 Å². The van der Waals surface area contributed by atoms with E-state index in [2.05, 4.69) is 5.32 Å². The van der Waals surface area contributed by atoms with Crippen molar-refractivity contribution in [2.24, 2.45) is 5.92 Å². The molecule has 2 N–H and O–H groups in total. The Bertz CT molecular complexity index is 297. The maximum Gasteiger partial charge on any atom is 0.154 e. The van der Waals surface area contributed by atoms with E-state index < -0.39 is 15.9 Å². The van der Waals surface area contributed by atoms with Gasteiger partial charge in [-0.1, -0.05) is 12.8 Å². The van der Waals surface area contributed by atoms with E-state index in [9.17, 15) is 13.5 Å². The molecule has 2 rings (SSSR count). The Balaban J connectivity index is 1.74. The molecule has 0 aromatic heterocycles. The third kappa shape index (κ3) is 2.68. The van der Waals surface area contributed by atoms with Crippen molar-refractivity contribution in [1.29, 1.82) is 0 Å². The predicted molar refractivity (Wildman–Crippen MR) is 53.8 cm³/mol. The van der Waals surface area contributed by atoms with Gasteiger partial charge in [-0.25, -0.2) is 8.42 Å². The second kappa shape index (κ2) is 3.79. The van der Waals surface area contributed by atoms with Gasteiger partial charge >= 0.3 is 0 Å². The maximum atomic E-state index is 11.2. The van der Waals surface area contributed by atoms with E-state index in [-0.39, 0.29) is 17.5 Å². The van der Waals surface area contributed by atoms with Crippen molar-refractivity contribution in [2.45, 2.75) is 31.4 Å². The lowest BCUT2D eigenvalue weighted by molar-refractivity contribution is 0.166. The number of sulfone groups is 1. The van der Waals surface area contributed by atoms with Gasteiger partial charge in [-0.2, -0.15) is 0 Å². The lowest BCUT2D eigenvalue weighted by Crippen LogP contribution is -2.39. The molecular weight excluding hydrogens is 202 g/mol. The smallest absolute Gasteiger partial charge is 0.154 e. The summed E-state index contributed by atoms with van der Waals surface area (Å²) in [5.74, 6) is 0.866. The third-order valence-corrected chi connectivity index (χ3v) is 4.70. The standard InChI is InChI=1S/C9H17NO3S/c11-9-6-14(12,13)5-8(9)10-4-3-7-1-2-7/h7-11H,1-6H2. The fourth-order valence-electron chi connectivity index (χ4n) is 1.90. The predicted octanol–water partition coefficient (Wildman–Crippen LogP) is -0.466. The Morgan fingerprint density at radius 3 is 2.50 bits per heavy atom. The second-order valence-corrected chi connectivity index (χ2v) is 6.59. The van der Waals surface area contributed by atoms with Gasteiger partial charge in [-0.15, -0.1) is 0 Å². The molecule has 1 aliphatic heterocycles. The lowest BCUT2D eigenvalue weighted by atomic mass is 10.2. The highest BCUT2D eigenvalue weighted by molar-refractivity contribution is 7.91. The molecule has 0 aromatic rings. The quantitative estimate of drug-likeness (QED) is 0.671. The van der Waals surface area contributed by atoms with Crippen molar-refractivity contribution >= 4 is 9.84 Å². The first-order chi connectivity index (χ1) is 6.57. The van der Waals surface area contributed by atoms with E-state index in [0.717, 1.165) is 18.9 Å². The molecule has 1 heterocycles. The van der Waals surface area contributed by atoms with E-state index in [1.165, 1.54) is 12.8 Å². The molecule has 2 atom stereocenters. The number of aliphatic hydroxyl groups excluding tert-OH is 1. The molecule has 0 spiro atoms. The van der Waals surface area contributed by atoms with Gasteiger partial charge in [0.1, 0.15) is 0 Å². The van der Waals surface area contributed by atoms with Gasteiger partial charge in [0.25, 0.3) is 0 Å². The summed E-state index contributed by atoms with van der Waals surface area (Å²) in [6.45, 7) is 0.835. The summed E-state index contributed by atoms with van der Waals surface area (Å²) in [5, 5.41) is 12.6. The molecule has 4 nitrogen and oxygen atoms in total. The van der Waals surface area contributed by atoms with Crippen LogP contribution in [0.4, 0.5) is 0 Å². The van der Waals surface area contributed by atoms with E-state index in [4.69, 9.17) is 0 Å². The van der Waals surface area contributed by atoms with Crippen molar-refractivity contribution < 1.29 is 13.5 Å². The number of aliphatic hydroxyl groups is 1. The molecule has 0 radical (unpaired) electrons. The van der Waals surface area contributed by atoms with Crippen LogP contribution in [0.5, 0.6) is 0 Å². The fourth-order valence-corrected chi connectivity index (χ4v) is 3.68. The van der Waals surface area contributed by atoms with Crippen molar-refractivity contribution in [3.05, 3.63) is 0 Å². The van der Waals surface area contributed by atoms with Crippen LogP contribution >= 0.6 is 0 Å². The van der Waals surface area contributed by atoms with Crippen LogP contribution in [-0.2, 0) is 9.84 Å². The number of hydrogen-bond acceptors (Lipinski definition) is 4. The zero-order valence-electron chi connectivity index (χ0n) is 8.15. The molecule has 1 saturated heterocycles. The van der Waals surface area contributed by atoms with Crippen LogP contribution in [0.15, 0.2) is 0 Å². The Kier molecular flexibility index (Phi) is 2.81. The minimum Gasteiger partial charge on any atom is -0.390 e. The summed E-state index contributed by atoms with van der Waals surface area (Å²) in [7, 11) is -2.99. The first-order valence-electron chi connectivity index (χ1n) is 5.19. The van der Waals surface area contributed by atoms with Crippen molar-refractivity contribution in [2.75, 3.05) is 18.1 Å². The first-order valence-corrected chi connectivity index (χ1v) is 7.01. The zero-order chi connectivity index (χ0) is 10.2. The summed E-state index contributed by atoms with van der Waals surface area (Å²) >= 11 is 0. The minimum absolute atomic E-state index is 0.0753. The van der Waals surface area contributed by atoms with E-state index in [0.29, 0.717) is 0 Å². The molecule has 82 valence electrons. The summed E-state index contributed by atoms with van der Waals surface area (Å²) in [6.07, 6.45) is 3.03. The molecule has 14 heavy (non-hydrogen) atoms. The van der Waals surface area contributed by atoms with Gasteiger partial charge in [0.2, 0.25) is 0 Å². The lowest BCUT2D eigenvalue weighted by Gasteiger charge is -2.14. The molecular formula is C9H17NO3S. The highest BCUT2D eigenvalue weighted by atomic mass is 32.2. The van der Waals surface area contributed by atoms with Crippen molar-refractivity contribution in [1.82, 2.24) is 5.32 Å². The van der Waals surface area contributed by atoms with E-state index >= 15 is 0 Å². The van der Waals surface area contributed by atoms with Crippen molar-refractivity contribution in [3.63, 3.8) is 0 Å². The van der Waals surface area contributed by atoms with Crippen LogP contribution in [0.3, 0.4) is 0 Å². The average molecular weight is 219 g/mol. The molecule has 1 saturated carbocycles. The topological polar surface area (TPSA) is 66.4 Å². The molecule has 2 unspecified atom stereocenters. The average Bonchev–Trinajstić information content (AvgIpc) is 2.80. The normalized spacial score (nSPS) is 36.1. The maximum absolute atomic E-state index is 11.2. The summed E-state index contributed by atoms with van der Waals surface area (Å²) in [5.41, 5.74) is 0. The fraction of sp³-hybridized carbons (Fsp3) is 1.00. The molecule has 0 amide bonds. The van der Waals surface area contributed by atoms with Crippen LogP contribution in [0.2, 0.25) is 0 Å². The van der Waals surface area contributed by atoms with E-state index in [1.807, 2.05) is 0 Å². The summed E-state index contributed by atoms with van der Waals surface area (Å²) in [6, 6.07) is -0.237. The van der Waals surface area contributed by atoms with Crippen molar-refractivity contribution in [3.8, 4) is 0 Å². The Morgan fingerprint density at radius 2 is 2.00 bits per heavy atom. The van der Waals surface area contributed by atoms with Crippen LogP contribution in [0, 0.1) is 5.92 Å². The SMILES string of the molecule is O=S1(=O)CC(O)C(NCCC2CC2)C1. The summed E-state index contributed by atoms with van der Waals surface area (Å²) < 4.78 is 22.3. The monoisotopic (exact) mass is 219 g/mol. The second-order valence-electron chi connectivity index (χ2n) is 4.44. The van der Waals surface area contributed by atoms with Crippen LogP contribution in [0.1, 0.15) is 19.3 Å². The van der Waals surface area contributed by atoms with Gasteiger partial charge in [-0.3, -0.25) is 0 Å². The van der Waals surface area contributed by atoms with Crippen LogP contribution in [0.25, 0.3) is 0 Å². The van der Waals surface area contributed by atoms with Crippen LogP contribution < -0.4 is 5.32 Å². The Hall–Kier alpha value is -0.130. The molecule has 2 aliphatic rings. The Labute approximate surface area is 84.6 Å². The summed E-state index contributed by atoms with van der Waals surface area (Å²) in [4.78, 5) is 0. The van der Waals surface area contributed by atoms with Gasteiger partial charge in [0.15, 0.2) is 9.84 Å². The first kappa shape index (κ1) is 10.4. The number of nitrogens with one attached hydrogen (secondary N) is 1. The molecule has 2 fully saturated rings. The molecule has 5 heteroatoms. The van der Waals surface area contributed by atoms with Crippen LogP contribution in [-0.4, -0.2) is 43.7 Å². The molecule has 0 aromatic carbocycles. The van der Waals surface area contributed by atoms with Gasteiger partial charge in [0, 0.05) is 6.04 Å². The third-order valence-electron chi connectivity index (χ3n) is 2.98. The number of rotatable bonds is 4. The van der Waals surface area contributed by atoms with Gasteiger partial charge in [0.05, 0.1) is 17.6 Å². The highest BCUT2D eigenvalue weighted by Gasteiger charge is 2.36.